The number of hydrogen-bond donors (Lipinski definition) is 1. The molecule has 1 saturated carbocycles. The molecule has 1 aliphatic heterocycles. The predicted molar refractivity (Wildman–Crippen MR) is 96.3 cm³/mol. The average molecular weight is 316 g/mol. The normalized spacial score (nSPS) is 29.0. The van der Waals surface area contributed by atoms with Crippen LogP contribution in [0.2, 0.25) is 0 Å². The van der Waals surface area contributed by atoms with Gasteiger partial charge in [0.05, 0.1) is 0 Å². The predicted octanol–water partition coefficient (Wildman–Crippen LogP) is 3.94. The Labute approximate surface area is 141 Å². The minimum absolute atomic E-state index is 0.592. The Kier molecular flexibility index (Phi) is 6.07. The molecule has 1 aromatic heterocycles. The van der Waals surface area contributed by atoms with E-state index in [1.54, 1.807) is 0 Å². The van der Waals surface area contributed by atoms with E-state index < -0.39 is 0 Å². The number of aryl methyl sites for hydroxylation is 1. The van der Waals surface area contributed by atoms with Crippen molar-refractivity contribution in [2.45, 2.75) is 63.8 Å². The van der Waals surface area contributed by atoms with Crippen LogP contribution < -0.4 is 5.73 Å². The van der Waals surface area contributed by atoms with Crippen LogP contribution in [0.25, 0.3) is 0 Å². The molecule has 1 aliphatic carbocycles. The van der Waals surface area contributed by atoms with E-state index in [1.807, 2.05) is 0 Å². The molecule has 2 heterocycles. The quantitative estimate of drug-likeness (QED) is 0.864. The number of hydrogen-bond acceptors (Lipinski definition) is 3. The van der Waals surface area contributed by atoms with Gasteiger partial charge in [-0.3, -0.25) is 9.88 Å². The van der Waals surface area contributed by atoms with Gasteiger partial charge in [0.1, 0.15) is 0 Å². The summed E-state index contributed by atoms with van der Waals surface area (Å²) in [5.74, 6) is 1.74. The van der Waals surface area contributed by atoms with E-state index in [9.17, 15) is 0 Å². The number of nitrogens with zero attached hydrogens (tertiary/aromatic N) is 2. The molecule has 2 N–H and O–H groups in total. The lowest BCUT2D eigenvalue weighted by Crippen LogP contribution is -2.21. The molecule has 3 heteroatoms. The monoisotopic (exact) mass is 315 g/mol. The maximum Gasteiger partial charge on any atom is 0.0360 e. The molecular formula is C20H33N3. The number of pyridine rings is 1. The molecule has 1 atom stereocenters. The lowest BCUT2D eigenvalue weighted by atomic mass is 9.80. The standard InChI is InChI=1S/C20H33N3/c1-23-11-3-6-20(23)19-12-18(14-22-15-19)5-2-4-16-7-9-17(13-21)10-8-16/h12,14-17,20H,2-11,13,21H2,1H3/t16?,17?,20-/m0/s1. The first kappa shape index (κ1) is 16.9. The van der Waals surface area contributed by atoms with Crippen LogP contribution in [-0.2, 0) is 6.42 Å². The number of likely N-dealkylation sites (tertiary alicyclic amines) is 1. The van der Waals surface area contributed by atoms with Crippen molar-refractivity contribution < 1.29 is 0 Å². The lowest BCUT2D eigenvalue weighted by Gasteiger charge is -2.27. The van der Waals surface area contributed by atoms with Crippen LogP contribution >= 0.6 is 0 Å². The zero-order chi connectivity index (χ0) is 16.1. The first-order valence-electron chi connectivity index (χ1n) is 9.60. The molecule has 0 aromatic carbocycles. The molecular weight excluding hydrogens is 282 g/mol. The average Bonchev–Trinajstić information content (AvgIpc) is 3.02. The topological polar surface area (TPSA) is 42.2 Å². The highest BCUT2D eigenvalue weighted by Gasteiger charge is 2.23. The second-order valence-electron chi connectivity index (χ2n) is 7.78. The number of nitrogens with two attached hydrogens (primary N) is 1. The van der Waals surface area contributed by atoms with E-state index in [-0.39, 0.29) is 0 Å². The van der Waals surface area contributed by atoms with Crippen LogP contribution in [0.3, 0.4) is 0 Å². The minimum atomic E-state index is 0.592. The van der Waals surface area contributed by atoms with Gasteiger partial charge >= 0.3 is 0 Å². The van der Waals surface area contributed by atoms with E-state index in [0.29, 0.717) is 6.04 Å². The second-order valence-corrected chi connectivity index (χ2v) is 7.78. The molecule has 1 aromatic rings. The summed E-state index contributed by atoms with van der Waals surface area (Å²) < 4.78 is 0. The van der Waals surface area contributed by atoms with Gasteiger partial charge in [0, 0.05) is 18.4 Å². The van der Waals surface area contributed by atoms with Crippen molar-refractivity contribution in [1.82, 2.24) is 9.88 Å². The Bertz CT molecular complexity index is 480. The molecule has 128 valence electrons. The van der Waals surface area contributed by atoms with Gasteiger partial charge in [0.2, 0.25) is 0 Å². The highest BCUT2D eigenvalue weighted by Crippen LogP contribution is 2.32. The van der Waals surface area contributed by atoms with Gasteiger partial charge < -0.3 is 5.73 Å². The van der Waals surface area contributed by atoms with Crippen molar-refractivity contribution in [3.63, 3.8) is 0 Å². The Hall–Kier alpha value is -0.930. The molecule has 0 amide bonds. The summed E-state index contributed by atoms with van der Waals surface area (Å²) in [5.41, 5.74) is 8.64. The molecule has 0 spiro atoms. The van der Waals surface area contributed by atoms with Crippen molar-refractivity contribution in [2.75, 3.05) is 20.1 Å². The van der Waals surface area contributed by atoms with Gasteiger partial charge in [0.25, 0.3) is 0 Å². The van der Waals surface area contributed by atoms with Gasteiger partial charge in [-0.05, 0) is 81.6 Å². The minimum Gasteiger partial charge on any atom is -0.330 e. The zero-order valence-electron chi connectivity index (χ0n) is 14.7. The fraction of sp³-hybridized carbons (Fsp3) is 0.750. The van der Waals surface area contributed by atoms with Crippen molar-refractivity contribution in [3.05, 3.63) is 29.6 Å². The van der Waals surface area contributed by atoms with Gasteiger partial charge in [-0.25, -0.2) is 0 Å². The van der Waals surface area contributed by atoms with Crippen LogP contribution in [0.5, 0.6) is 0 Å². The fourth-order valence-electron chi connectivity index (χ4n) is 4.51. The molecule has 0 unspecified atom stereocenters. The third kappa shape index (κ3) is 4.54. The third-order valence-corrected chi connectivity index (χ3v) is 6.10. The molecule has 0 bridgehead atoms. The smallest absolute Gasteiger partial charge is 0.0360 e. The van der Waals surface area contributed by atoms with Crippen molar-refractivity contribution in [1.29, 1.82) is 0 Å². The van der Waals surface area contributed by atoms with Gasteiger partial charge in [-0.15, -0.1) is 0 Å². The first-order valence-corrected chi connectivity index (χ1v) is 9.60. The van der Waals surface area contributed by atoms with E-state index in [1.165, 1.54) is 75.5 Å². The Morgan fingerprint density at radius 1 is 1.13 bits per heavy atom. The summed E-state index contributed by atoms with van der Waals surface area (Å²) >= 11 is 0. The molecule has 3 rings (SSSR count). The van der Waals surface area contributed by atoms with E-state index in [4.69, 9.17) is 5.73 Å². The summed E-state index contributed by atoms with van der Waals surface area (Å²) in [6.45, 7) is 2.11. The lowest BCUT2D eigenvalue weighted by molar-refractivity contribution is 0.264. The number of aromatic nitrogens is 1. The van der Waals surface area contributed by atoms with Crippen molar-refractivity contribution >= 4 is 0 Å². The van der Waals surface area contributed by atoms with Crippen LogP contribution in [0.15, 0.2) is 18.5 Å². The summed E-state index contributed by atoms with van der Waals surface area (Å²) in [6, 6.07) is 3.00. The van der Waals surface area contributed by atoms with Crippen LogP contribution in [-0.4, -0.2) is 30.0 Å². The molecule has 2 fully saturated rings. The maximum atomic E-state index is 5.79. The Morgan fingerprint density at radius 2 is 1.91 bits per heavy atom. The van der Waals surface area contributed by atoms with Gasteiger partial charge in [-0.2, -0.15) is 0 Å². The molecule has 1 saturated heterocycles. The van der Waals surface area contributed by atoms with E-state index >= 15 is 0 Å². The van der Waals surface area contributed by atoms with Gasteiger partial charge in [0.15, 0.2) is 0 Å². The fourth-order valence-corrected chi connectivity index (χ4v) is 4.51. The number of rotatable bonds is 6. The first-order chi connectivity index (χ1) is 11.3. The zero-order valence-corrected chi connectivity index (χ0v) is 14.7. The summed E-state index contributed by atoms with van der Waals surface area (Å²) in [7, 11) is 2.24. The molecule has 2 aliphatic rings. The maximum absolute atomic E-state index is 5.79. The van der Waals surface area contributed by atoms with E-state index in [0.717, 1.165) is 18.4 Å². The summed E-state index contributed by atoms with van der Waals surface area (Å²) in [6.07, 6.45) is 16.1. The Morgan fingerprint density at radius 3 is 2.61 bits per heavy atom. The largest absolute Gasteiger partial charge is 0.330 e. The molecule has 0 radical (unpaired) electrons. The second kappa shape index (κ2) is 8.25. The van der Waals surface area contributed by atoms with E-state index in [2.05, 4.69) is 35.4 Å². The Balaban J connectivity index is 1.45. The van der Waals surface area contributed by atoms with Crippen LogP contribution in [0.4, 0.5) is 0 Å². The summed E-state index contributed by atoms with van der Waals surface area (Å²) in [4.78, 5) is 6.98. The highest BCUT2D eigenvalue weighted by molar-refractivity contribution is 5.22. The third-order valence-electron chi connectivity index (χ3n) is 6.10. The van der Waals surface area contributed by atoms with Gasteiger partial charge in [-0.1, -0.05) is 25.3 Å². The van der Waals surface area contributed by atoms with Crippen molar-refractivity contribution in [3.8, 4) is 0 Å². The van der Waals surface area contributed by atoms with Crippen LogP contribution in [0, 0.1) is 11.8 Å². The summed E-state index contributed by atoms with van der Waals surface area (Å²) in [5, 5.41) is 0. The SMILES string of the molecule is CN1CCC[C@H]1c1cncc(CCCC2CCC(CN)CC2)c1. The van der Waals surface area contributed by atoms with Crippen LogP contribution in [0.1, 0.15) is 68.5 Å². The molecule has 3 nitrogen and oxygen atoms in total. The van der Waals surface area contributed by atoms with Crippen molar-refractivity contribution in [2.24, 2.45) is 17.6 Å². The molecule has 23 heavy (non-hydrogen) atoms. The highest BCUT2D eigenvalue weighted by atomic mass is 15.1.